The molecule has 23 heavy (non-hydrogen) atoms. The van der Waals surface area contributed by atoms with Crippen molar-refractivity contribution in [3.63, 3.8) is 0 Å². The van der Waals surface area contributed by atoms with Crippen molar-refractivity contribution >= 4 is 34.2 Å². The monoisotopic (exact) mass is 340 g/mol. The molecule has 118 valence electrons. The van der Waals surface area contributed by atoms with Crippen LogP contribution in [0.2, 0.25) is 5.02 Å². The van der Waals surface area contributed by atoms with Gasteiger partial charge in [-0.25, -0.2) is 23.2 Å². The van der Waals surface area contributed by atoms with Crippen molar-refractivity contribution in [1.82, 2.24) is 9.97 Å². The van der Waals surface area contributed by atoms with Crippen molar-refractivity contribution in [3.05, 3.63) is 58.6 Å². The first-order valence-corrected chi connectivity index (χ1v) is 6.62. The number of halogens is 4. The van der Waals surface area contributed by atoms with E-state index in [0.717, 1.165) is 24.5 Å². The minimum atomic E-state index is -1.21. The van der Waals surface area contributed by atoms with Crippen LogP contribution in [0.5, 0.6) is 0 Å². The van der Waals surface area contributed by atoms with Gasteiger partial charge in [0.2, 0.25) is 0 Å². The summed E-state index contributed by atoms with van der Waals surface area (Å²) in [6, 6.07) is 4.03. The average Bonchev–Trinajstić information content (AvgIpc) is 3.02. The number of benzene rings is 2. The largest absolute Gasteiger partial charge is 0.344 e. The molecule has 0 unspecified atom stereocenters. The van der Waals surface area contributed by atoms with Gasteiger partial charge in [0.05, 0.1) is 22.6 Å². The van der Waals surface area contributed by atoms with Gasteiger partial charge < -0.3 is 4.98 Å². The van der Waals surface area contributed by atoms with Crippen molar-refractivity contribution < 1.29 is 18.4 Å². The zero-order valence-corrected chi connectivity index (χ0v) is 12.0. The minimum Gasteiger partial charge on any atom is -0.344 e. The van der Waals surface area contributed by atoms with Crippen LogP contribution in [0.3, 0.4) is 0 Å². The number of amidine groups is 1. The Morgan fingerprint density at radius 2 is 1.96 bits per heavy atom. The number of hydroxylamine groups is 1. The van der Waals surface area contributed by atoms with Gasteiger partial charge in [-0.15, -0.1) is 0 Å². The average molecular weight is 341 g/mol. The zero-order valence-electron chi connectivity index (χ0n) is 11.2. The van der Waals surface area contributed by atoms with Gasteiger partial charge in [-0.05, 0) is 24.3 Å². The molecule has 3 aromatic rings. The van der Waals surface area contributed by atoms with E-state index in [0.29, 0.717) is 5.06 Å². The van der Waals surface area contributed by atoms with Crippen LogP contribution in [0.15, 0.2) is 30.6 Å². The van der Waals surface area contributed by atoms with Gasteiger partial charge >= 0.3 is 0 Å². The van der Waals surface area contributed by atoms with E-state index >= 15 is 0 Å². The fraction of sp³-hybridized carbons (Fsp3) is 0. The molecule has 0 spiro atoms. The van der Waals surface area contributed by atoms with E-state index in [1.807, 2.05) is 0 Å². The maximum absolute atomic E-state index is 13.6. The molecule has 0 radical (unpaired) electrons. The number of nitrogens with one attached hydrogen (secondary N) is 2. The second-order valence-corrected chi connectivity index (χ2v) is 5.01. The number of H-pyrrole nitrogens is 1. The Kier molecular flexibility index (Phi) is 3.70. The maximum Gasteiger partial charge on any atom is 0.186 e. The topological polar surface area (TPSA) is 76.0 Å². The van der Waals surface area contributed by atoms with Crippen LogP contribution in [0.4, 0.5) is 18.9 Å². The maximum atomic E-state index is 13.6. The van der Waals surface area contributed by atoms with Gasteiger partial charge in [0, 0.05) is 5.56 Å². The van der Waals surface area contributed by atoms with Gasteiger partial charge in [0.25, 0.3) is 0 Å². The summed E-state index contributed by atoms with van der Waals surface area (Å²) >= 11 is 5.62. The molecule has 0 saturated carbocycles. The fourth-order valence-electron chi connectivity index (χ4n) is 2.09. The third-order valence-electron chi connectivity index (χ3n) is 3.21. The molecule has 0 aliphatic rings. The van der Waals surface area contributed by atoms with Crippen molar-refractivity contribution in [1.29, 1.82) is 5.41 Å². The molecule has 1 heterocycles. The third kappa shape index (κ3) is 2.51. The quantitative estimate of drug-likeness (QED) is 0.377. The lowest BCUT2D eigenvalue weighted by atomic mass is 10.1. The number of anilines is 1. The predicted molar refractivity (Wildman–Crippen MR) is 78.5 cm³/mol. The molecule has 3 N–H and O–H groups in total. The number of fused-ring (bicyclic) bond motifs is 1. The number of rotatable bonds is 2. The van der Waals surface area contributed by atoms with Gasteiger partial charge in [-0.3, -0.25) is 10.6 Å². The van der Waals surface area contributed by atoms with Crippen LogP contribution in [0.1, 0.15) is 5.56 Å². The lowest BCUT2D eigenvalue weighted by Gasteiger charge is -2.18. The lowest BCUT2D eigenvalue weighted by molar-refractivity contribution is 0.312. The highest BCUT2D eigenvalue weighted by Crippen LogP contribution is 2.26. The molecular weight excluding hydrogens is 333 g/mol. The summed E-state index contributed by atoms with van der Waals surface area (Å²) in [5, 5.41) is 18.2. The molecule has 0 aliphatic heterocycles. The normalized spacial score (nSPS) is 11.0. The summed E-state index contributed by atoms with van der Waals surface area (Å²) in [5.41, 5.74) is -0.394. The lowest BCUT2D eigenvalue weighted by Crippen LogP contribution is -2.27. The number of imidazole rings is 1. The third-order valence-corrected chi connectivity index (χ3v) is 3.50. The molecule has 0 fully saturated rings. The number of hydrogen-bond donors (Lipinski definition) is 3. The van der Waals surface area contributed by atoms with E-state index in [1.54, 1.807) is 0 Å². The Morgan fingerprint density at radius 1 is 1.22 bits per heavy atom. The summed E-state index contributed by atoms with van der Waals surface area (Å²) in [6.07, 6.45) is 1.14. The highest BCUT2D eigenvalue weighted by Gasteiger charge is 2.21. The van der Waals surface area contributed by atoms with Gasteiger partial charge in [0.15, 0.2) is 17.5 Å². The van der Waals surface area contributed by atoms with E-state index in [2.05, 4.69) is 9.97 Å². The smallest absolute Gasteiger partial charge is 0.186 e. The van der Waals surface area contributed by atoms with Gasteiger partial charge in [0.1, 0.15) is 11.3 Å². The van der Waals surface area contributed by atoms with Crippen molar-refractivity contribution in [2.24, 2.45) is 0 Å². The first-order chi connectivity index (χ1) is 10.9. The highest BCUT2D eigenvalue weighted by atomic mass is 35.5. The molecule has 0 amide bonds. The Labute approximate surface area is 132 Å². The van der Waals surface area contributed by atoms with E-state index in [1.165, 1.54) is 6.07 Å². The number of hydrogen-bond acceptors (Lipinski definition) is 3. The molecule has 5 nitrogen and oxygen atoms in total. The fourth-order valence-corrected chi connectivity index (χ4v) is 2.26. The predicted octanol–water partition coefficient (Wildman–Crippen LogP) is 3.85. The molecule has 9 heteroatoms. The van der Waals surface area contributed by atoms with Crippen molar-refractivity contribution in [3.8, 4) is 0 Å². The summed E-state index contributed by atoms with van der Waals surface area (Å²) in [5.74, 6) is -3.64. The van der Waals surface area contributed by atoms with E-state index in [-0.39, 0.29) is 27.3 Å². The Hall–Kier alpha value is -2.58. The highest BCUT2D eigenvalue weighted by molar-refractivity contribution is 6.31. The second-order valence-electron chi connectivity index (χ2n) is 4.60. The first-order valence-electron chi connectivity index (χ1n) is 6.24. The molecule has 0 aliphatic carbocycles. The van der Waals surface area contributed by atoms with Crippen LogP contribution in [0, 0.1) is 22.9 Å². The Morgan fingerprint density at radius 3 is 2.65 bits per heavy atom. The summed E-state index contributed by atoms with van der Waals surface area (Å²) < 4.78 is 40.4. The van der Waals surface area contributed by atoms with Crippen LogP contribution >= 0.6 is 11.6 Å². The second kappa shape index (κ2) is 5.56. The van der Waals surface area contributed by atoms with Crippen molar-refractivity contribution in [2.45, 2.75) is 0 Å². The molecule has 0 atom stereocenters. The van der Waals surface area contributed by atoms with E-state index in [4.69, 9.17) is 17.0 Å². The molecule has 0 bridgehead atoms. The zero-order chi connectivity index (χ0) is 16.7. The van der Waals surface area contributed by atoms with Gasteiger partial charge in [-0.1, -0.05) is 11.6 Å². The molecule has 1 aromatic heterocycles. The minimum absolute atomic E-state index is 0.0150. The molecule has 0 saturated heterocycles. The first kappa shape index (κ1) is 15.3. The van der Waals surface area contributed by atoms with Gasteiger partial charge in [-0.2, -0.15) is 0 Å². The Balaban J connectivity index is 2.08. The van der Waals surface area contributed by atoms with Crippen LogP contribution < -0.4 is 5.06 Å². The summed E-state index contributed by atoms with van der Waals surface area (Å²) in [4.78, 5) is 6.22. The standard InChI is InChI=1S/C14H8ClF3N4O/c15-8-3-6(1-2-9(8)16)22(23)14(19)7-4-10(17)11(18)13-12(7)20-5-21-13/h1-5,19,23H,(H,20,21). The molecular formula is C14H8ClF3N4O. The summed E-state index contributed by atoms with van der Waals surface area (Å²) in [6.45, 7) is 0. The van der Waals surface area contributed by atoms with E-state index < -0.39 is 23.3 Å². The van der Waals surface area contributed by atoms with Crippen LogP contribution in [0.25, 0.3) is 11.0 Å². The molecule has 2 aromatic carbocycles. The Bertz CT molecular complexity index is 928. The molecule has 3 rings (SSSR count). The van der Waals surface area contributed by atoms with E-state index in [9.17, 15) is 18.4 Å². The number of aromatic nitrogens is 2. The van der Waals surface area contributed by atoms with Crippen LogP contribution in [-0.2, 0) is 0 Å². The van der Waals surface area contributed by atoms with Crippen LogP contribution in [-0.4, -0.2) is 21.0 Å². The van der Waals surface area contributed by atoms with Crippen molar-refractivity contribution in [2.75, 3.05) is 5.06 Å². The SMILES string of the molecule is N=C(c1cc(F)c(F)c2nc[nH]c12)N(O)c1ccc(F)c(Cl)c1. The summed E-state index contributed by atoms with van der Waals surface area (Å²) in [7, 11) is 0. The number of aromatic amines is 1. The number of nitrogens with zero attached hydrogens (tertiary/aromatic N) is 2.